The Hall–Kier alpha value is -3.98. The Morgan fingerprint density at radius 2 is 1.69 bits per heavy atom. The minimum Gasteiger partial charge on any atom is -0.445 e. The van der Waals surface area contributed by atoms with Crippen molar-refractivity contribution in [3.05, 3.63) is 83.1 Å². The number of piperazine rings is 1. The molecule has 1 N–H and O–H groups in total. The van der Waals surface area contributed by atoms with Crippen LogP contribution in [0, 0.1) is 5.92 Å². The van der Waals surface area contributed by atoms with E-state index in [4.69, 9.17) is 16.3 Å². The average Bonchev–Trinajstić information content (AvgIpc) is 2.94. The van der Waals surface area contributed by atoms with Crippen LogP contribution in [0.15, 0.2) is 66.7 Å². The van der Waals surface area contributed by atoms with Crippen LogP contribution in [0.25, 0.3) is 11.4 Å². The van der Waals surface area contributed by atoms with Crippen LogP contribution in [0.5, 0.6) is 0 Å². The second-order valence-corrected chi connectivity index (χ2v) is 10.2. The number of hydrogen-bond acceptors (Lipinski definition) is 6. The molecular weight excluding hydrogens is 518 g/mol. The van der Waals surface area contributed by atoms with Gasteiger partial charge >= 0.3 is 6.09 Å². The van der Waals surface area contributed by atoms with Crippen molar-refractivity contribution in [3.8, 4) is 11.4 Å². The van der Waals surface area contributed by atoms with Crippen molar-refractivity contribution in [2.24, 2.45) is 5.92 Å². The summed E-state index contributed by atoms with van der Waals surface area (Å²) in [5.74, 6) is -0.591. The summed E-state index contributed by atoms with van der Waals surface area (Å²) in [6, 6.07) is 19.0. The van der Waals surface area contributed by atoms with Crippen molar-refractivity contribution >= 4 is 29.5 Å². The standard InChI is InChI=1S/C29H32ClN5O4/c1-19(2)25(33-27(36)23-16-24(30)32-26(31-23)22-12-8-5-9-13-22)28(37)34-14-15-35(20(3)17-34)29(38)39-18-21-10-6-4-7-11-21/h4-13,16,19-20,25H,14-15,17-18H2,1-3H3,(H,33,36). The van der Waals surface area contributed by atoms with Gasteiger partial charge in [-0.05, 0) is 18.4 Å². The Morgan fingerprint density at radius 3 is 2.33 bits per heavy atom. The Morgan fingerprint density at radius 1 is 1.03 bits per heavy atom. The van der Waals surface area contributed by atoms with Gasteiger partial charge in [0.25, 0.3) is 5.91 Å². The zero-order valence-corrected chi connectivity index (χ0v) is 23.0. The molecule has 204 valence electrons. The lowest BCUT2D eigenvalue weighted by atomic mass is 10.0. The Balaban J connectivity index is 1.39. The molecule has 0 saturated carbocycles. The van der Waals surface area contributed by atoms with E-state index in [-0.39, 0.29) is 35.3 Å². The molecule has 2 atom stereocenters. The highest BCUT2D eigenvalue weighted by Crippen LogP contribution is 2.19. The van der Waals surface area contributed by atoms with Crippen molar-refractivity contribution in [2.45, 2.75) is 39.5 Å². The molecule has 4 rings (SSSR count). The van der Waals surface area contributed by atoms with Crippen molar-refractivity contribution in [2.75, 3.05) is 19.6 Å². The monoisotopic (exact) mass is 549 g/mol. The molecule has 3 amide bonds. The van der Waals surface area contributed by atoms with Gasteiger partial charge in [-0.1, -0.05) is 86.1 Å². The molecule has 1 fully saturated rings. The zero-order chi connectivity index (χ0) is 27.9. The van der Waals surface area contributed by atoms with Gasteiger partial charge in [0.05, 0.1) is 0 Å². The summed E-state index contributed by atoms with van der Waals surface area (Å²) >= 11 is 6.19. The third-order valence-corrected chi connectivity index (χ3v) is 6.75. The number of hydrogen-bond donors (Lipinski definition) is 1. The minimum absolute atomic E-state index is 0.0756. The summed E-state index contributed by atoms with van der Waals surface area (Å²) in [5.41, 5.74) is 1.70. The predicted octanol–water partition coefficient (Wildman–Crippen LogP) is 4.42. The van der Waals surface area contributed by atoms with E-state index >= 15 is 0 Å². The average molecular weight is 550 g/mol. The largest absolute Gasteiger partial charge is 0.445 e. The topological polar surface area (TPSA) is 105 Å². The number of nitrogens with zero attached hydrogens (tertiary/aromatic N) is 4. The summed E-state index contributed by atoms with van der Waals surface area (Å²) in [5, 5.41) is 2.97. The van der Waals surface area contributed by atoms with E-state index < -0.39 is 18.0 Å². The van der Waals surface area contributed by atoms with Crippen LogP contribution in [0.3, 0.4) is 0 Å². The Kier molecular flexibility index (Phi) is 9.14. The molecule has 2 aromatic carbocycles. The normalized spacial score (nSPS) is 16.1. The van der Waals surface area contributed by atoms with Crippen LogP contribution in [0.4, 0.5) is 4.79 Å². The quantitative estimate of drug-likeness (QED) is 0.437. The predicted molar refractivity (Wildman–Crippen MR) is 148 cm³/mol. The first-order chi connectivity index (χ1) is 18.7. The molecule has 2 unspecified atom stereocenters. The van der Waals surface area contributed by atoms with E-state index in [1.807, 2.05) is 81.4 Å². The van der Waals surface area contributed by atoms with Gasteiger partial charge in [0.1, 0.15) is 23.5 Å². The van der Waals surface area contributed by atoms with Crippen molar-refractivity contribution in [3.63, 3.8) is 0 Å². The van der Waals surface area contributed by atoms with Crippen LogP contribution in [-0.2, 0) is 16.1 Å². The summed E-state index contributed by atoms with van der Waals surface area (Å²) < 4.78 is 5.48. The molecule has 10 heteroatoms. The highest BCUT2D eigenvalue weighted by Gasteiger charge is 2.35. The van der Waals surface area contributed by atoms with Gasteiger partial charge in [0.15, 0.2) is 5.82 Å². The van der Waals surface area contributed by atoms with Crippen LogP contribution >= 0.6 is 11.6 Å². The zero-order valence-electron chi connectivity index (χ0n) is 22.2. The molecule has 1 aliphatic heterocycles. The SMILES string of the molecule is CC(C)C(NC(=O)c1cc(Cl)nc(-c2ccccc2)n1)C(=O)N1CCN(C(=O)OCc2ccccc2)C(C)C1. The highest BCUT2D eigenvalue weighted by molar-refractivity contribution is 6.29. The third-order valence-electron chi connectivity index (χ3n) is 6.56. The van der Waals surface area contributed by atoms with Crippen LogP contribution in [0.2, 0.25) is 5.15 Å². The van der Waals surface area contributed by atoms with Crippen molar-refractivity contribution in [1.82, 2.24) is 25.1 Å². The molecule has 1 aromatic heterocycles. The Bertz CT molecular complexity index is 1310. The molecule has 0 radical (unpaired) electrons. The van der Waals surface area contributed by atoms with Gasteiger partial charge in [0, 0.05) is 37.3 Å². The fraction of sp³-hybridized carbons (Fsp3) is 0.345. The van der Waals surface area contributed by atoms with Gasteiger partial charge < -0.3 is 19.9 Å². The van der Waals surface area contributed by atoms with Gasteiger partial charge in [0.2, 0.25) is 5.91 Å². The number of aromatic nitrogens is 2. The van der Waals surface area contributed by atoms with Crippen LogP contribution in [-0.4, -0.2) is 69.4 Å². The fourth-order valence-corrected chi connectivity index (χ4v) is 4.59. The number of ether oxygens (including phenoxy) is 1. The van der Waals surface area contributed by atoms with Gasteiger partial charge in [-0.2, -0.15) is 0 Å². The van der Waals surface area contributed by atoms with E-state index in [0.717, 1.165) is 11.1 Å². The number of amides is 3. The maximum atomic E-state index is 13.5. The first-order valence-electron chi connectivity index (χ1n) is 12.9. The van der Waals surface area contributed by atoms with Crippen molar-refractivity contribution in [1.29, 1.82) is 0 Å². The van der Waals surface area contributed by atoms with Gasteiger partial charge in [-0.25, -0.2) is 14.8 Å². The molecule has 0 spiro atoms. The van der Waals surface area contributed by atoms with E-state index in [1.165, 1.54) is 6.07 Å². The summed E-state index contributed by atoms with van der Waals surface area (Å²) in [4.78, 5) is 51.3. The molecule has 1 saturated heterocycles. The molecular formula is C29H32ClN5O4. The lowest BCUT2D eigenvalue weighted by Crippen LogP contribution is -2.60. The Labute approximate surface area is 233 Å². The van der Waals surface area contributed by atoms with Crippen LogP contribution < -0.4 is 5.32 Å². The molecule has 39 heavy (non-hydrogen) atoms. The smallest absolute Gasteiger partial charge is 0.410 e. The molecule has 0 aliphatic carbocycles. The van der Waals surface area contributed by atoms with E-state index in [2.05, 4.69) is 15.3 Å². The summed E-state index contributed by atoms with van der Waals surface area (Å²) in [7, 11) is 0. The van der Waals surface area contributed by atoms with Crippen LogP contribution in [0.1, 0.15) is 36.8 Å². The number of rotatable bonds is 7. The fourth-order valence-electron chi connectivity index (χ4n) is 4.41. The van der Waals surface area contributed by atoms with E-state index in [9.17, 15) is 14.4 Å². The molecule has 1 aliphatic rings. The summed E-state index contributed by atoms with van der Waals surface area (Å²) in [6.45, 7) is 6.79. The van der Waals surface area contributed by atoms with E-state index in [1.54, 1.807) is 9.80 Å². The number of nitrogens with one attached hydrogen (secondary N) is 1. The highest BCUT2D eigenvalue weighted by atomic mass is 35.5. The maximum Gasteiger partial charge on any atom is 0.410 e. The second-order valence-electron chi connectivity index (χ2n) is 9.83. The number of carbonyl (C=O) groups excluding carboxylic acids is 3. The molecule has 0 bridgehead atoms. The first kappa shape index (κ1) is 28.0. The van der Waals surface area contributed by atoms with Crippen molar-refractivity contribution < 1.29 is 19.1 Å². The summed E-state index contributed by atoms with van der Waals surface area (Å²) in [6.07, 6.45) is -0.415. The number of benzene rings is 2. The van der Waals surface area contributed by atoms with Gasteiger partial charge in [-0.3, -0.25) is 9.59 Å². The van der Waals surface area contributed by atoms with E-state index in [0.29, 0.717) is 25.5 Å². The second kappa shape index (κ2) is 12.7. The number of carbonyl (C=O) groups is 3. The maximum absolute atomic E-state index is 13.5. The first-order valence-corrected chi connectivity index (χ1v) is 13.3. The molecule has 2 heterocycles. The molecule has 9 nitrogen and oxygen atoms in total. The lowest BCUT2D eigenvalue weighted by Gasteiger charge is -2.40. The molecule has 3 aromatic rings. The third kappa shape index (κ3) is 7.11. The number of halogens is 1. The lowest BCUT2D eigenvalue weighted by molar-refractivity contribution is -0.137. The van der Waals surface area contributed by atoms with Gasteiger partial charge in [-0.15, -0.1) is 0 Å². The minimum atomic E-state index is -0.782.